The van der Waals surface area contributed by atoms with Gasteiger partial charge in [-0.05, 0) is 61.5 Å². The number of aliphatic hydroxyl groups excluding tert-OH is 2. The zero-order valence-corrected chi connectivity index (χ0v) is 17.9. The van der Waals surface area contributed by atoms with Crippen LogP contribution in [0, 0.1) is 11.8 Å². The maximum atomic E-state index is 10.7. The molecule has 1 aromatic carbocycles. The van der Waals surface area contributed by atoms with Crippen molar-refractivity contribution in [2.24, 2.45) is 17.6 Å². The van der Waals surface area contributed by atoms with E-state index in [2.05, 4.69) is 5.32 Å². The van der Waals surface area contributed by atoms with E-state index in [0.717, 1.165) is 12.0 Å². The molecule has 29 heavy (non-hydrogen) atoms. The number of hydrogen-bond acceptors (Lipinski definition) is 5. The van der Waals surface area contributed by atoms with E-state index in [-0.39, 0.29) is 29.5 Å². The van der Waals surface area contributed by atoms with Gasteiger partial charge in [0, 0.05) is 23.9 Å². The topological polar surface area (TPSA) is 105 Å². The van der Waals surface area contributed by atoms with Crippen LogP contribution in [0.1, 0.15) is 37.7 Å². The van der Waals surface area contributed by atoms with E-state index >= 15 is 0 Å². The van der Waals surface area contributed by atoms with Gasteiger partial charge in [-0.25, -0.2) is 0 Å². The Balaban J connectivity index is 1.76. The van der Waals surface area contributed by atoms with E-state index in [9.17, 15) is 15.0 Å². The van der Waals surface area contributed by atoms with Crippen LogP contribution in [0.15, 0.2) is 36.4 Å². The number of nitrogens with one attached hydrogen (secondary N) is 1. The molecule has 1 aliphatic rings. The van der Waals surface area contributed by atoms with Crippen LogP contribution in [0.25, 0.3) is 0 Å². The van der Waals surface area contributed by atoms with Crippen molar-refractivity contribution in [1.29, 1.82) is 0 Å². The normalized spacial score (nSPS) is 24.0. The van der Waals surface area contributed by atoms with Gasteiger partial charge >= 0.3 is 0 Å². The summed E-state index contributed by atoms with van der Waals surface area (Å²) in [6.45, 7) is 0.729. The second-order valence-corrected chi connectivity index (χ2v) is 8.15. The Morgan fingerprint density at radius 1 is 1.31 bits per heavy atom. The summed E-state index contributed by atoms with van der Waals surface area (Å²) in [5, 5.41) is 24.5. The smallest absolute Gasteiger partial charge is 0.256 e. The Morgan fingerprint density at radius 3 is 2.79 bits per heavy atom. The monoisotopic (exact) mass is 440 g/mol. The summed E-state index contributed by atoms with van der Waals surface area (Å²) in [5.74, 6) is -0.607. The number of carbonyl (C=O) groups is 1. The van der Waals surface area contributed by atoms with Crippen molar-refractivity contribution in [3.8, 4) is 0 Å². The minimum absolute atomic E-state index is 0.104. The summed E-state index contributed by atoms with van der Waals surface area (Å²) in [6, 6.07) is 7.45. The van der Waals surface area contributed by atoms with Gasteiger partial charge in [0.05, 0.1) is 18.8 Å². The van der Waals surface area contributed by atoms with Gasteiger partial charge in [0.1, 0.15) is 0 Å². The van der Waals surface area contributed by atoms with Crippen molar-refractivity contribution in [2.75, 3.05) is 6.61 Å². The lowest BCUT2D eigenvalue weighted by molar-refractivity contribution is -0.118. The molecular weight excluding hydrogens is 412 g/mol. The van der Waals surface area contributed by atoms with Crippen molar-refractivity contribution in [2.45, 2.75) is 50.9 Å². The molecule has 0 radical (unpaired) electrons. The molecule has 1 aromatic rings. The zero-order valence-electron chi connectivity index (χ0n) is 16.3. The lowest BCUT2D eigenvalue weighted by atomic mass is 9.91. The molecule has 1 fully saturated rings. The summed E-state index contributed by atoms with van der Waals surface area (Å²) < 4.78 is 5.64. The summed E-state index contributed by atoms with van der Waals surface area (Å²) in [5.41, 5.74) is 6.10. The van der Waals surface area contributed by atoms with Crippen LogP contribution in [-0.2, 0) is 16.1 Å². The van der Waals surface area contributed by atoms with Gasteiger partial charge in [-0.2, -0.15) is 0 Å². The Labute approximate surface area is 182 Å². The number of aliphatic hydroxyl groups is 2. The van der Waals surface area contributed by atoms with E-state index < -0.39 is 12.2 Å². The fraction of sp³-hybridized carbons (Fsp3) is 0.524. The standard InChI is InChI=1S/C21H29ClN2O4S/c22-15-7-5-6-14(10-15)12-24-21(29)28-13-17-16(18(25)11-19(17)26)8-3-1-2-4-9-20(23)27/h1,3,5-7,10,16-19,25-26H,2,4,8-9,11-13H2,(H2,23,27)(H,24,29)/t16-,17-,18+,19-/m1/s1. The van der Waals surface area contributed by atoms with E-state index in [1.165, 1.54) is 0 Å². The molecule has 0 spiro atoms. The third-order valence-electron chi connectivity index (χ3n) is 5.12. The highest BCUT2D eigenvalue weighted by Gasteiger charge is 2.41. The molecule has 0 aromatic heterocycles. The highest BCUT2D eigenvalue weighted by Crippen LogP contribution is 2.35. The molecule has 0 aliphatic heterocycles. The van der Waals surface area contributed by atoms with Crippen LogP contribution in [0.3, 0.4) is 0 Å². The number of primary amides is 1. The minimum Gasteiger partial charge on any atom is -0.471 e. The van der Waals surface area contributed by atoms with E-state index in [1.54, 1.807) is 6.07 Å². The molecule has 5 N–H and O–H groups in total. The molecule has 8 heteroatoms. The van der Waals surface area contributed by atoms with Gasteiger partial charge in [-0.3, -0.25) is 4.79 Å². The quantitative estimate of drug-likeness (QED) is 0.253. The number of hydrogen-bond donors (Lipinski definition) is 4. The Bertz CT molecular complexity index is 716. The van der Waals surface area contributed by atoms with Gasteiger partial charge in [-0.15, -0.1) is 0 Å². The van der Waals surface area contributed by atoms with Crippen molar-refractivity contribution in [3.05, 3.63) is 47.0 Å². The molecule has 0 saturated heterocycles. The highest BCUT2D eigenvalue weighted by atomic mass is 35.5. The van der Waals surface area contributed by atoms with Crippen LogP contribution in [0.5, 0.6) is 0 Å². The van der Waals surface area contributed by atoms with E-state index in [1.807, 2.05) is 30.4 Å². The summed E-state index contributed by atoms with van der Waals surface area (Å²) in [4.78, 5) is 10.7. The molecule has 0 unspecified atom stereocenters. The van der Waals surface area contributed by atoms with Gasteiger partial charge < -0.3 is 26.0 Å². The number of halogens is 1. The fourth-order valence-corrected chi connectivity index (χ4v) is 3.90. The van der Waals surface area contributed by atoms with Gasteiger partial charge in [-0.1, -0.05) is 35.9 Å². The van der Waals surface area contributed by atoms with Crippen molar-refractivity contribution < 1.29 is 19.7 Å². The summed E-state index contributed by atoms with van der Waals surface area (Å²) in [6.07, 6.45) is 5.54. The maximum absolute atomic E-state index is 10.7. The average molecular weight is 441 g/mol. The molecule has 4 atom stereocenters. The molecule has 1 aliphatic carbocycles. The maximum Gasteiger partial charge on any atom is 0.256 e. The average Bonchev–Trinajstić information content (AvgIpc) is 2.93. The summed E-state index contributed by atoms with van der Waals surface area (Å²) >= 11 is 11.2. The molecule has 1 amide bonds. The van der Waals surface area contributed by atoms with Crippen molar-refractivity contribution in [3.63, 3.8) is 0 Å². The van der Waals surface area contributed by atoms with Gasteiger partial charge in [0.25, 0.3) is 5.17 Å². The fourth-order valence-electron chi connectivity index (χ4n) is 3.54. The van der Waals surface area contributed by atoms with E-state index in [4.69, 9.17) is 34.3 Å². The summed E-state index contributed by atoms with van der Waals surface area (Å²) in [7, 11) is 0. The predicted molar refractivity (Wildman–Crippen MR) is 117 cm³/mol. The van der Waals surface area contributed by atoms with Crippen LogP contribution >= 0.6 is 23.8 Å². The van der Waals surface area contributed by atoms with Crippen molar-refractivity contribution >= 4 is 34.9 Å². The lowest BCUT2D eigenvalue weighted by Gasteiger charge is -2.23. The molecule has 1 saturated carbocycles. The molecular formula is C21H29ClN2O4S. The number of allylic oxidation sites excluding steroid dienone is 2. The Morgan fingerprint density at radius 2 is 2.07 bits per heavy atom. The number of benzene rings is 1. The van der Waals surface area contributed by atoms with Crippen LogP contribution < -0.4 is 11.1 Å². The number of nitrogens with two attached hydrogens (primary N) is 1. The molecule has 0 heterocycles. The van der Waals surface area contributed by atoms with Gasteiger partial charge in [0.2, 0.25) is 5.91 Å². The molecule has 0 bridgehead atoms. The first-order valence-corrected chi connectivity index (χ1v) is 10.6. The largest absolute Gasteiger partial charge is 0.471 e. The molecule has 2 rings (SSSR count). The number of carbonyl (C=O) groups excluding carboxylic acids is 1. The van der Waals surface area contributed by atoms with Crippen LogP contribution in [0.2, 0.25) is 5.02 Å². The predicted octanol–water partition coefficient (Wildman–Crippen LogP) is 2.69. The number of rotatable bonds is 10. The number of amides is 1. The highest BCUT2D eigenvalue weighted by molar-refractivity contribution is 7.80. The Kier molecular flexibility index (Phi) is 9.87. The second-order valence-electron chi connectivity index (χ2n) is 7.35. The first-order chi connectivity index (χ1) is 13.9. The third-order valence-corrected chi connectivity index (χ3v) is 5.62. The molecule has 6 nitrogen and oxygen atoms in total. The van der Waals surface area contributed by atoms with Gasteiger partial charge in [0.15, 0.2) is 0 Å². The van der Waals surface area contributed by atoms with E-state index in [0.29, 0.717) is 37.3 Å². The SMILES string of the molecule is NC(=O)CCCC=CC[C@@H]1[C@@H](COC(=S)NCc2cccc(Cl)c2)[C@H](O)C[C@@H]1O. The second kappa shape index (κ2) is 12.1. The number of thiocarbonyl (C=S) groups is 1. The van der Waals surface area contributed by atoms with Crippen LogP contribution in [0.4, 0.5) is 0 Å². The molecule has 160 valence electrons. The first-order valence-electron chi connectivity index (χ1n) is 9.81. The third kappa shape index (κ3) is 8.30. The van der Waals surface area contributed by atoms with Crippen LogP contribution in [-0.4, -0.2) is 40.1 Å². The number of ether oxygens (including phenoxy) is 1. The lowest BCUT2D eigenvalue weighted by Crippen LogP contribution is -2.31. The first kappa shape index (κ1) is 23.6. The van der Waals surface area contributed by atoms with Crippen molar-refractivity contribution in [1.82, 2.24) is 5.32 Å². The minimum atomic E-state index is -0.631. The number of unbranched alkanes of at least 4 members (excludes halogenated alkanes) is 1. The zero-order chi connectivity index (χ0) is 21.2. The Hall–Kier alpha value is -1.67.